The fourth-order valence-electron chi connectivity index (χ4n) is 3.73. The van der Waals surface area contributed by atoms with Crippen molar-refractivity contribution < 1.29 is 18.7 Å². The van der Waals surface area contributed by atoms with E-state index >= 15 is 0 Å². The highest BCUT2D eigenvalue weighted by atomic mass is 19.1. The van der Waals surface area contributed by atoms with Crippen LogP contribution in [-0.4, -0.2) is 74.1 Å². The zero-order valence-corrected chi connectivity index (χ0v) is 16.4. The van der Waals surface area contributed by atoms with E-state index < -0.39 is 0 Å². The Labute approximate surface area is 166 Å². The monoisotopic (exact) mass is 391 g/mol. The average molecular weight is 391 g/mol. The van der Waals surface area contributed by atoms with Gasteiger partial charge in [0.15, 0.2) is 0 Å². The second-order valence-corrected chi connectivity index (χ2v) is 7.55. The molecule has 1 aromatic rings. The molecule has 154 valence electrons. The van der Waals surface area contributed by atoms with Crippen molar-refractivity contribution in [3.63, 3.8) is 0 Å². The first-order valence-electron chi connectivity index (χ1n) is 10.2. The normalized spacial score (nSPS) is 21.0. The molecule has 2 aliphatic heterocycles. The molecule has 0 aliphatic carbocycles. The van der Waals surface area contributed by atoms with Crippen molar-refractivity contribution in [3.8, 4) is 0 Å². The number of ether oxygens (including phenoxy) is 1. The SMILES string of the molecule is O=C(NCCCc1ccc(F)cc1)[C@H]1CCC(=O)N(CCN2CCOCC2)C1. The number of piperidine rings is 1. The number of morpholine rings is 1. The van der Waals surface area contributed by atoms with Gasteiger partial charge >= 0.3 is 0 Å². The molecule has 1 N–H and O–H groups in total. The molecule has 1 aromatic carbocycles. The molecule has 2 aliphatic rings. The number of nitrogens with zero attached hydrogens (tertiary/aromatic N) is 2. The van der Waals surface area contributed by atoms with Gasteiger partial charge in [-0.05, 0) is 37.0 Å². The Morgan fingerprint density at radius 2 is 1.93 bits per heavy atom. The highest BCUT2D eigenvalue weighted by Gasteiger charge is 2.30. The van der Waals surface area contributed by atoms with Gasteiger partial charge in [-0.15, -0.1) is 0 Å². The number of nitrogens with one attached hydrogen (secondary N) is 1. The third kappa shape index (κ3) is 6.27. The predicted molar refractivity (Wildman–Crippen MR) is 104 cm³/mol. The lowest BCUT2D eigenvalue weighted by Crippen LogP contribution is -2.49. The maximum atomic E-state index is 12.9. The zero-order valence-electron chi connectivity index (χ0n) is 16.4. The summed E-state index contributed by atoms with van der Waals surface area (Å²) >= 11 is 0. The standard InChI is InChI=1S/C21H30FN3O3/c22-19-6-3-17(4-7-19)2-1-9-23-21(27)18-5-8-20(26)25(16-18)11-10-24-12-14-28-15-13-24/h3-4,6-7,18H,1-2,5,8-16H2,(H,23,27)/t18-/m0/s1. The van der Waals surface area contributed by atoms with Crippen molar-refractivity contribution in [2.24, 2.45) is 5.92 Å². The molecular formula is C21H30FN3O3. The number of hydrogen-bond donors (Lipinski definition) is 1. The number of benzene rings is 1. The summed E-state index contributed by atoms with van der Waals surface area (Å²) in [6.45, 7) is 5.91. The fourth-order valence-corrected chi connectivity index (χ4v) is 3.73. The number of amides is 2. The highest BCUT2D eigenvalue weighted by Crippen LogP contribution is 2.18. The van der Waals surface area contributed by atoms with Crippen molar-refractivity contribution in [1.82, 2.24) is 15.1 Å². The van der Waals surface area contributed by atoms with Gasteiger partial charge in [0, 0.05) is 45.7 Å². The summed E-state index contributed by atoms with van der Waals surface area (Å²) in [5, 5.41) is 3.00. The molecule has 2 heterocycles. The van der Waals surface area contributed by atoms with E-state index in [1.54, 1.807) is 12.1 Å². The van der Waals surface area contributed by atoms with Gasteiger partial charge in [0.1, 0.15) is 5.82 Å². The van der Waals surface area contributed by atoms with E-state index in [1.165, 1.54) is 12.1 Å². The molecule has 7 heteroatoms. The Morgan fingerprint density at radius 3 is 2.68 bits per heavy atom. The summed E-state index contributed by atoms with van der Waals surface area (Å²) in [5.41, 5.74) is 1.06. The summed E-state index contributed by atoms with van der Waals surface area (Å²) in [4.78, 5) is 28.8. The maximum absolute atomic E-state index is 12.9. The number of hydrogen-bond acceptors (Lipinski definition) is 4. The van der Waals surface area contributed by atoms with Crippen molar-refractivity contribution >= 4 is 11.8 Å². The van der Waals surface area contributed by atoms with E-state index in [0.717, 1.165) is 51.3 Å². The minimum atomic E-state index is -0.234. The first-order chi connectivity index (χ1) is 13.6. The summed E-state index contributed by atoms with van der Waals surface area (Å²) in [6.07, 6.45) is 2.67. The van der Waals surface area contributed by atoms with E-state index in [1.807, 2.05) is 4.90 Å². The number of rotatable bonds is 8. The van der Waals surface area contributed by atoms with Crippen LogP contribution in [0, 0.1) is 11.7 Å². The van der Waals surface area contributed by atoms with Crippen LogP contribution in [0.3, 0.4) is 0 Å². The van der Waals surface area contributed by atoms with E-state index in [4.69, 9.17) is 4.74 Å². The first-order valence-corrected chi connectivity index (χ1v) is 10.2. The van der Waals surface area contributed by atoms with Gasteiger partial charge in [0.05, 0.1) is 19.1 Å². The Kier molecular flexibility index (Phi) is 7.80. The molecule has 2 amide bonds. The van der Waals surface area contributed by atoms with Crippen molar-refractivity contribution in [3.05, 3.63) is 35.6 Å². The molecule has 2 fully saturated rings. The molecule has 6 nitrogen and oxygen atoms in total. The van der Waals surface area contributed by atoms with Gasteiger partial charge in [0.25, 0.3) is 0 Å². The molecule has 28 heavy (non-hydrogen) atoms. The summed E-state index contributed by atoms with van der Waals surface area (Å²) in [7, 11) is 0. The van der Waals surface area contributed by atoms with Gasteiger partial charge in [-0.3, -0.25) is 14.5 Å². The molecule has 0 saturated carbocycles. The zero-order chi connectivity index (χ0) is 19.8. The number of aryl methyl sites for hydroxylation is 1. The summed E-state index contributed by atoms with van der Waals surface area (Å²) in [6, 6.07) is 6.46. The highest BCUT2D eigenvalue weighted by molar-refractivity contribution is 5.83. The molecular weight excluding hydrogens is 361 g/mol. The molecule has 0 aromatic heterocycles. The third-order valence-corrected chi connectivity index (χ3v) is 5.52. The van der Waals surface area contributed by atoms with E-state index in [0.29, 0.717) is 32.5 Å². The summed E-state index contributed by atoms with van der Waals surface area (Å²) < 4.78 is 18.3. The quantitative estimate of drug-likeness (QED) is 0.682. The van der Waals surface area contributed by atoms with Crippen LogP contribution in [0.2, 0.25) is 0 Å². The van der Waals surface area contributed by atoms with Gasteiger partial charge in [0.2, 0.25) is 11.8 Å². The van der Waals surface area contributed by atoms with E-state index in [2.05, 4.69) is 10.2 Å². The van der Waals surface area contributed by atoms with Crippen LogP contribution >= 0.6 is 0 Å². The number of likely N-dealkylation sites (tertiary alicyclic amines) is 1. The van der Waals surface area contributed by atoms with Crippen LogP contribution in [0.15, 0.2) is 24.3 Å². The minimum absolute atomic E-state index is 0.0305. The lowest BCUT2D eigenvalue weighted by Gasteiger charge is -2.34. The second-order valence-electron chi connectivity index (χ2n) is 7.55. The largest absolute Gasteiger partial charge is 0.379 e. The first kappa shape index (κ1) is 20.7. The van der Waals surface area contributed by atoms with Crippen LogP contribution < -0.4 is 5.32 Å². The van der Waals surface area contributed by atoms with Gasteiger partial charge < -0.3 is 15.0 Å². The van der Waals surface area contributed by atoms with Crippen LogP contribution in [0.4, 0.5) is 4.39 Å². The van der Waals surface area contributed by atoms with E-state index in [-0.39, 0.29) is 23.5 Å². The lowest BCUT2D eigenvalue weighted by molar-refractivity contribution is -0.138. The Hall–Kier alpha value is -1.99. The maximum Gasteiger partial charge on any atom is 0.224 e. The number of halogens is 1. The average Bonchev–Trinajstić information content (AvgIpc) is 2.72. The fraction of sp³-hybridized carbons (Fsp3) is 0.619. The van der Waals surface area contributed by atoms with Crippen LogP contribution in [0.25, 0.3) is 0 Å². The number of carbonyl (C=O) groups is 2. The summed E-state index contributed by atoms with van der Waals surface area (Å²) in [5.74, 6) is -0.188. The Balaban J connectivity index is 1.36. The van der Waals surface area contributed by atoms with Crippen molar-refractivity contribution in [1.29, 1.82) is 0 Å². The van der Waals surface area contributed by atoms with Crippen molar-refractivity contribution in [2.75, 3.05) is 52.5 Å². The van der Waals surface area contributed by atoms with E-state index in [9.17, 15) is 14.0 Å². The Morgan fingerprint density at radius 1 is 1.18 bits per heavy atom. The lowest BCUT2D eigenvalue weighted by atomic mass is 9.96. The van der Waals surface area contributed by atoms with Crippen LogP contribution in [0.5, 0.6) is 0 Å². The topological polar surface area (TPSA) is 61.9 Å². The van der Waals surface area contributed by atoms with Crippen molar-refractivity contribution in [2.45, 2.75) is 25.7 Å². The predicted octanol–water partition coefficient (Wildman–Crippen LogP) is 1.45. The van der Waals surface area contributed by atoms with Gasteiger partial charge in [-0.2, -0.15) is 0 Å². The molecule has 1 atom stereocenters. The third-order valence-electron chi connectivity index (χ3n) is 5.52. The molecule has 0 spiro atoms. The van der Waals surface area contributed by atoms with Gasteiger partial charge in [-0.25, -0.2) is 4.39 Å². The van der Waals surface area contributed by atoms with Crippen LogP contribution in [0.1, 0.15) is 24.8 Å². The molecule has 3 rings (SSSR count). The molecule has 2 saturated heterocycles. The molecule has 0 bridgehead atoms. The number of carbonyl (C=O) groups excluding carboxylic acids is 2. The minimum Gasteiger partial charge on any atom is -0.379 e. The Bertz CT molecular complexity index is 647. The smallest absolute Gasteiger partial charge is 0.224 e. The van der Waals surface area contributed by atoms with Crippen LogP contribution in [-0.2, 0) is 20.7 Å². The molecule has 0 radical (unpaired) electrons. The second kappa shape index (κ2) is 10.5. The molecule has 0 unspecified atom stereocenters. The van der Waals surface area contributed by atoms with Gasteiger partial charge in [-0.1, -0.05) is 12.1 Å².